The van der Waals surface area contributed by atoms with Gasteiger partial charge in [0.25, 0.3) is 0 Å². The third kappa shape index (κ3) is 5.76. The molecule has 0 N–H and O–H groups in total. The number of rotatable bonds is 8. The Balaban J connectivity index is 3.46. The lowest BCUT2D eigenvalue weighted by atomic mass is 10.3. The predicted octanol–water partition coefficient (Wildman–Crippen LogP) is 4.17. The summed E-state index contributed by atoms with van der Waals surface area (Å²) < 4.78 is 34.8. The van der Waals surface area contributed by atoms with Gasteiger partial charge in [-0.05, 0) is 46.1 Å². The molecule has 1 rings (SSSR count). The van der Waals surface area contributed by atoms with Crippen LogP contribution in [0.5, 0.6) is 0 Å². The van der Waals surface area contributed by atoms with Gasteiger partial charge in [-0.15, -0.1) is 11.8 Å². The van der Waals surface area contributed by atoms with Crippen LogP contribution in [0.4, 0.5) is 0 Å². The molecule has 10 heteroatoms. The Labute approximate surface area is 163 Å². The molecule has 0 fully saturated rings. The molecule has 1 heterocycles. The Hall–Kier alpha value is -0.470. The molecular formula is C16H27O7PS2. The van der Waals surface area contributed by atoms with Gasteiger partial charge in [0, 0.05) is 13.8 Å². The van der Waals surface area contributed by atoms with Crippen LogP contribution in [0, 0.1) is 0 Å². The predicted molar refractivity (Wildman–Crippen MR) is 104 cm³/mol. The lowest BCUT2D eigenvalue weighted by Gasteiger charge is -2.44. The van der Waals surface area contributed by atoms with E-state index in [4.69, 9.17) is 18.5 Å². The molecule has 0 aliphatic carbocycles. The first kappa shape index (κ1) is 23.6. The molecule has 0 saturated heterocycles. The first-order valence-electron chi connectivity index (χ1n) is 8.18. The summed E-state index contributed by atoms with van der Waals surface area (Å²) in [6.07, 6.45) is 3.24. The van der Waals surface area contributed by atoms with Crippen molar-refractivity contribution in [3.05, 3.63) is 12.2 Å². The van der Waals surface area contributed by atoms with Gasteiger partial charge in [-0.1, -0.05) is 11.8 Å². The van der Waals surface area contributed by atoms with Crippen molar-refractivity contribution in [3.63, 3.8) is 0 Å². The number of hydrogen-bond acceptors (Lipinski definition) is 9. The highest BCUT2D eigenvalue weighted by molar-refractivity contribution is 8.25. The molecule has 0 aromatic carbocycles. The highest BCUT2D eigenvalue weighted by Crippen LogP contribution is 2.73. The van der Waals surface area contributed by atoms with E-state index in [0.29, 0.717) is 0 Å². The topological polar surface area (TPSA) is 88.1 Å². The Bertz CT molecular complexity index is 579. The van der Waals surface area contributed by atoms with Gasteiger partial charge < -0.3 is 18.5 Å². The molecule has 0 radical (unpaired) electrons. The van der Waals surface area contributed by atoms with Gasteiger partial charge in [0.2, 0.25) is 3.82 Å². The maximum absolute atomic E-state index is 13.9. The van der Waals surface area contributed by atoms with Crippen LogP contribution in [-0.4, -0.2) is 45.8 Å². The van der Waals surface area contributed by atoms with Gasteiger partial charge in [0.1, 0.15) is 0 Å². The SMILES string of the molecule is CS[C@]1(P(=O)(OC(C)C)OC(C)C)S[C@@H](OC(C)=O)C=C[C@H]1OC(C)=O. The summed E-state index contributed by atoms with van der Waals surface area (Å²) in [7, 11) is -3.82. The molecule has 150 valence electrons. The van der Waals surface area contributed by atoms with E-state index in [0.717, 1.165) is 11.8 Å². The van der Waals surface area contributed by atoms with Crippen LogP contribution < -0.4 is 0 Å². The lowest BCUT2D eigenvalue weighted by molar-refractivity contribution is -0.145. The number of carbonyl (C=O) groups excluding carboxylic acids is 2. The summed E-state index contributed by atoms with van der Waals surface area (Å²) in [5.74, 6) is -0.997. The molecule has 0 bridgehead atoms. The van der Waals surface area contributed by atoms with Crippen LogP contribution in [0.1, 0.15) is 41.5 Å². The van der Waals surface area contributed by atoms with Gasteiger partial charge in [0.15, 0.2) is 11.5 Å². The fourth-order valence-electron chi connectivity index (χ4n) is 2.33. The van der Waals surface area contributed by atoms with Crippen LogP contribution in [0.3, 0.4) is 0 Å². The summed E-state index contributed by atoms with van der Waals surface area (Å²) in [5, 5.41) is 0. The van der Waals surface area contributed by atoms with E-state index in [1.54, 1.807) is 46.1 Å². The van der Waals surface area contributed by atoms with Crippen molar-refractivity contribution in [1.29, 1.82) is 0 Å². The van der Waals surface area contributed by atoms with E-state index in [1.165, 1.54) is 25.6 Å². The van der Waals surface area contributed by atoms with Crippen molar-refractivity contribution in [3.8, 4) is 0 Å². The fraction of sp³-hybridized carbons (Fsp3) is 0.750. The molecule has 7 nitrogen and oxygen atoms in total. The molecule has 0 aromatic heterocycles. The maximum atomic E-state index is 13.9. The normalized spacial score (nSPS) is 26.2. The zero-order valence-corrected chi connectivity index (χ0v) is 18.6. The molecule has 0 aromatic rings. The zero-order chi connectivity index (χ0) is 20.1. The van der Waals surface area contributed by atoms with Crippen molar-refractivity contribution in [2.24, 2.45) is 0 Å². The minimum atomic E-state index is -3.82. The van der Waals surface area contributed by atoms with Crippen molar-refractivity contribution in [1.82, 2.24) is 0 Å². The maximum Gasteiger partial charge on any atom is 0.361 e. The zero-order valence-electron chi connectivity index (χ0n) is 16.1. The van der Waals surface area contributed by atoms with Gasteiger partial charge in [-0.2, -0.15) is 0 Å². The Morgan fingerprint density at radius 2 is 1.54 bits per heavy atom. The minimum absolute atomic E-state index is 0.389. The Morgan fingerprint density at radius 3 is 1.92 bits per heavy atom. The van der Waals surface area contributed by atoms with Gasteiger partial charge >= 0.3 is 19.5 Å². The van der Waals surface area contributed by atoms with Gasteiger partial charge in [0.05, 0.1) is 12.2 Å². The molecule has 0 amide bonds. The van der Waals surface area contributed by atoms with E-state index in [-0.39, 0.29) is 12.2 Å². The number of ether oxygens (including phenoxy) is 2. The molecule has 0 spiro atoms. The minimum Gasteiger partial charge on any atom is -0.455 e. The van der Waals surface area contributed by atoms with Gasteiger partial charge in [-0.25, -0.2) is 0 Å². The number of hydrogen-bond donors (Lipinski definition) is 0. The van der Waals surface area contributed by atoms with Crippen molar-refractivity contribution in [2.45, 2.75) is 69.1 Å². The monoisotopic (exact) mass is 426 g/mol. The molecule has 3 atom stereocenters. The second-order valence-corrected chi connectivity index (χ2v) is 11.5. The smallest absolute Gasteiger partial charge is 0.361 e. The lowest BCUT2D eigenvalue weighted by Crippen LogP contribution is -2.44. The fourth-order valence-corrected chi connectivity index (χ4v) is 8.45. The van der Waals surface area contributed by atoms with Crippen molar-refractivity contribution >= 4 is 43.1 Å². The molecule has 1 aliphatic rings. The number of thioether (sulfide) groups is 2. The molecule has 0 unspecified atom stereocenters. The summed E-state index contributed by atoms with van der Waals surface area (Å²) in [6.45, 7) is 9.56. The first-order chi connectivity index (χ1) is 12.0. The van der Waals surface area contributed by atoms with Gasteiger partial charge in [-0.3, -0.25) is 14.2 Å². The largest absolute Gasteiger partial charge is 0.455 e. The summed E-state index contributed by atoms with van der Waals surface area (Å²) in [5.41, 5.74) is -0.702. The van der Waals surface area contributed by atoms with Crippen LogP contribution in [-0.2, 0) is 32.7 Å². The van der Waals surface area contributed by atoms with Crippen LogP contribution in [0.2, 0.25) is 0 Å². The molecular weight excluding hydrogens is 399 g/mol. The third-order valence-corrected chi connectivity index (χ3v) is 10.3. The molecule has 1 aliphatic heterocycles. The second-order valence-electron chi connectivity index (χ2n) is 6.15. The van der Waals surface area contributed by atoms with Crippen LogP contribution in [0.15, 0.2) is 12.2 Å². The Morgan fingerprint density at radius 1 is 1.04 bits per heavy atom. The van der Waals surface area contributed by atoms with Crippen LogP contribution in [0.25, 0.3) is 0 Å². The van der Waals surface area contributed by atoms with E-state index < -0.39 is 34.9 Å². The molecule has 26 heavy (non-hydrogen) atoms. The summed E-state index contributed by atoms with van der Waals surface area (Å²) >= 11 is 2.29. The second kappa shape index (κ2) is 9.64. The van der Waals surface area contributed by atoms with E-state index in [2.05, 4.69) is 0 Å². The average Bonchev–Trinajstić information content (AvgIpc) is 2.45. The first-order valence-corrected chi connectivity index (χ1v) is 11.8. The Kier molecular flexibility index (Phi) is 8.74. The summed E-state index contributed by atoms with van der Waals surface area (Å²) in [4.78, 5) is 23.0. The highest BCUT2D eigenvalue weighted by atomic mass is 32.2. The van der Waals surface area contributed by atoms with E-state index in [1.807, 2.05) is 0 Å². The highest BCUT2D eigenvalue weighted by Gasteiger charge is 2.61. The molecule has 0 saturated carbocycles. The van der Waals surface area contributed by atoms with Crippen LogP contribution >= 0.6 is 31.1 Å². The van der Waals surface area contributed by atoms with E-state index in [9.17, 15) is 14.2 Å². The standard InChI is InChI=1S/C16H27O7PS2/c1-10(2)22-24(19,23-11(3)4)16(25-7)14(20-12(5)17)8-9-15(26-16)21-13(6)18/h8-11,14-15H,1-7H3/t14-,15-,16+/m1/s1. The number of carbonyl (C=O) groups is 2. The third-order valence-electron chi connectivity index (χ3n) is 3.04. The van der Waals surface area contributed by atoms with Crippen molar-refractivity contribution in [2.75, 3.05) is 6.26 Å². The quantitative estimate of drug-likeness (QED) is 0.322. The average molecular weight is 426 g/mol. The van der Waals surface area contributed by atoms with E-state index >= 15 is 0 Å². The summed E-state index contributed by atoms with van der Waals surface area (Å²) in [6, 6.07) is 0. The number of esters is 2. The van der Waals surface area contributed by atoms with Crippen molar-refractivity contribution < 1.29 is 32.7 Å².